The van der Waals surface area contributed by atoms with Crippen molar-refractivity contribution in [2.24, 2.45) is 10.7 Å². The van der Waals surface area contributed by atoms with Crippen molar-refractivity contribution >= 4 is 40.8 Å². The lowest BCUT2D eigenvalue weighted by Gasteiger charge is -2.22. The van der Waals surface area contributed by atoms with Gasteiger partial charge in [-0.25, -0.2) is 0 Å². The lowest BCUT2D eigenvalue weighted by molar-refractivity contribution is -0.307. The van der Waals surface area contributed by atoms with Crippen molar-refractivity contribution in [1.29, 1.82) is 0 Å². The van der Waals surface area contributed by atoms with Crippen LogP contribution in [0.5, 0.6) is 0 Å². The molecule has 1 aliphatic rings. The smallest absolute Gasteiger partial charge is 0.217 e. The summed E-state index contributed by atoms with van der Waals surface area (Å²) >= 11 is 5.96. The van der Waals surface area contributed by atoms with Crippen LogP contribution in [0.3, 0.4) is 0 Å². The second-order valence-electron chi connectivity index (χ2n) is 4.96. The third-order valence-corrected chi connectivity index (χ3v) is 3.78. The number of alkyl halides is 1. The molecule has 7 nitrogen and oxygen atoms in total. The Morgan fingerprint density at radius 1 is 1.26 bits per heavy atom. The van der Waals surface area contributed by atoms with Gasteiger partial charge in [0, 0.05) is 17.5 Å². The monoisotopic (exact) mass is 335 g/mol. The van der Waals surface area contributed by atoms with Gasteiger partial charge in [0.2, 0.25) is 11.7 Å². The molecule has 2 rings (SSSR count). The number of hydrogen-bond acceptors (Lipinski definition) is 6. The third-order valence-electron chi connectivity index (χ3n) is 3.37. The number of carboxylic acid groups (broad SMARTS) is 1. The normalized spacial score (nSPS) is 20.2. The zero-order valence-electron chi connectivity index (χ0n) is 11.8. The standard InChI is InChI=1S/C15H13ClN2O5/c16-11-12(18-9(15(22)23)5-6-10(17)19)14(21)8-4-2-1-3-7(8)13(11)20/h1-4,9,11H,5-6H2,(H2,17,19)(H,22,23)/p-1/t9-,11?/m1/s1. The summed E-state index contributed by atoms with van der Waals surface area (Å²) in [6.45, 7) is 0. The highest BCUT2D eigenvalue weighted by Crippen LogP contribution is 2.24. The van der Waals surface area contributed by atoms with E-state index < -0.39 is 34.9 Å². The number of Topliss-reactive ketones (excluding diaryl/α,β-unsaturated/α-hetero) is 2. The van der Waals surface area contributed by atoms with Crippen LogP contribution in [0.15, 0.2) is 29.3 Å². The van der Waals surface area contributed by atoms with Gasteiger partial charge in [-0.05, 0) is 6.42 Å². The molecule has 0 fully saturated rings. The lowest BCUT2D eigenvalue weighted by atomic mass is 9.87. The van der Waals surface area contributed by atoms with Crippen molar-refractivity contribution in [1.82, 2.24) is 0 Å². The Labute approximate surface area is 136 Å². The topological polar surface area (TPSA) is 130 Å². The molecule has 0 heterocycles. The Kier molecular flexibility index (Phi) is 4.90. The van der Waals surface area contributed by atoms with Crippen LogP contribution in [-0.4, -0.2) is 40.6 Å². The van der Waals surface area contributed by atoms with E-state index in [9.17, 15) is 24.3 Å². The van der Waals surface area contributed by atoms with Crippen LogP contribution in [0.1, 0.15) is 33.6 Å². The van der Waals surface area contributed by atoms with E-state index in [4.69, 9.17) is 17.3 Å². The Morgan fingerprint density at radius 3 is 2.43 bits per heavy atom. The van der Waals surface area contributed by atoms with E-state index in [1.807, 2.05) is 0 Å². The first-order valence-corrected chi connectivity index (χ1v) is 7.15. The molecule has 120 valence electrons. The predicted octanol–water partition coefficient (Wildman–Crippen LogP) is -0.502. The van der Waals surface area contributed by atoms with Crippen molar-refractivity contribution in [3.8, 4) is 0 Å². The number of nitrogens with zero attached hydrogens (tertiary/aromatic N) is 1. The minimum atomic E-state index is -1.58. The van der Waals surface area contributed by atoms with Crippen LogP contribution in [0.4, 0.5) is 0 Å². The summed E-state index contributed by atoms with van der Waals surface area (Å²) in [6, 6.07) is 4.57. The largest absolute Gasteiger partial charge is 0.548 e. The molecule has 1 aromatic carbocycles. The Bertz CT molecular complexity index is 728. The highest BCUT2D eigenvalue weighted by atomic mass is 35.5. The molecule has 2 atom stereocenters. The van der Waals surface area contributed by atoms with Gasteiger partial charge in [-0.15, -0.1) is 11.6 Å². The van der Waals surface area contributed by atoms with Gasteiger partial charge in [0.25, 0.3) is 0 Å². The van der Waals surface area contributed by atoms with Crippen LogP contribution in [0.2, 0.25) is 0 Å². The van der Waals surface area contributed by atoms with E-state index in [0.717, 1.165) is 0 Å². The highest BCUT2D eigenvalue weighted by molar-refractivity contribution is 6.64. The first kappa shape index (κ1) is 16.8. The first-order chi connectivity index (χ1) is 10.8. The Hall–Kier alpha value is -2.54. The lowest BCUT2D eigenvalue weighted by Crippen LogP contribution is -2.42. The number of aliphatic carboxylic acids is 1. The summed E-state index contributed by atoms with van der Waals surface area (Å²) < 4.78 is 0. The number of fused-ring (bicyclic) bond motifs is 1. The number of carbonyl (C=O) groups is 4. The van der Waals surface area contributed by atoms with Crippen molar-refractivity contribution in [2.45, 2.75) is 24.3 Å². The summed E-state index contributed by atoms with van der Waals surface area (Å²) in [5.41, 5.74) is 4.88. The fourth-order valence-electron chi connectivity index (χ4n) is 2.22. The zero-order valence-corrected chi connectivity index (χ0v) is 12.6. The quantitative estimate of drug-likeness (QED) is 0.725. The zero-order chi connectivity index (χ0) is 17.1. The molecule has 8 heteroatoms. The molecule has 0 aromatic heterocycles. The number of nitrogens with two attached hydrogens (primary N) is 1. The number of aliphatic imine (C=N–C) groups is 1. The number of amides is 1. The van der Waals surface area contributed by atoms with E-state index >= 15 is 0 Å². The van der Waals surface area contributed by atoms with Gasteiger partial charge in [0.1, 0.15) is 11.1 Å². The molecule has 0 aliphatic heterocycles. The van der Waals surface area contributed by atoms with E-state index in [-0.39, 0.29) is 29.7 Å². The van der Waals surface area contributed by atoms with E-state index in [2.05, 4.69) is 4.99 Å². The summed E-state index contributed by atoms with van der Waals surface area (Å²) in [5.74, 6) is -3.45. The summed E-state index contributed by atoms with van der Waals surface area (Å²) in [4.78, 5) is 50.2. The molecular formula is C15H12ClN2O5-. The molecule has 2 N–H and O–H groups in total. The molecule has 0 saturated heterocycles. The summed E-state index contributed by atoms with van der Waals surface area (Å²) in [7, 11) is 0. The SMILES string of the molecule is NC(=O)CC[C@@H](N=C1C(=O)c2ccccc2C(=O)C1Cl)C(=O)[O-]. The van der Waals surface area contributed by atoms with Gasteiger partial charge < -0.3 is 15.6 Å². The Balaban J connectivity index is 2.41. The molecule has 23 heavy (non-hydrogen) atoms. The number of carbonyl (C=O) groups excluding carboxylic acids is 4. The minimum absolute atomic E-state index is 0.111. The van der Waals surface area contributed by atoms with Crippen molar-refractivity contribution in [3.05, 3.63) is 35.4 Å². The number of primary amides is 1. The van der Waals surface area contributed by atoms with Crippen LogP contribution in [0, 0.1) is 0 Å². The average Bonchev–Trinajstić information content (AvgIpc) is 2.51. The molecule has 0 spiro atoms. The molecule has 1 aromatic rings. The molecule has 0 radical (unpaired) electrons. The maximum Gasteiger partial charge on any atom is 0.217 e. The van der Waals surface area contributed by atoms with Crippen LogP contribution >= 0.6 is 11.6 Å². The van der Waals surface area contributed by atoms with Gasteiger partial charge >= 0.3 is 0 Å². The van der Waals surface area contributed by atoms with Crippen molar-refractivity contribution in [2.75, 3.05) is 0 Å². The van der Waals surface area contributed by atoms with Gasteiger partial charge in [0.05, 0.1) is 12.0 Å². The number of ketones is 2. The van der Waals surface area contributed by atoms with Crippen molar-refractivity contribution in [3.63, 3.8) is 0 Å². The summed E-state index contributed by atoms with van der Waals surface area (Å²) in [6.07, 6.45) is -0.491. The molecule has 0 saturated carbocycles. The van der Waals surface area contributed by atoms with E-state index in [1.54, 1.807) is 12.1 Å². The molecule has 1 aliphatic carbocycles. The number of halogens is 1. The summed E-state index contributed by atoms with van der Waals surface area (Å²) in [5, 5.41) is 9.73. The fourth-order valence-corrected chi connectivity index (χ4v) is 2.49. The molecule has 0 bridgehead atoms. The fraction of sp³-hybridized carbons (Fsp3) is 0.267. The second kappa shape index (κ2) is 6.70. The number of hydrogen-bond donors (Lipinski definition) is 1. The second-order valence-corrected chi connectivity index (χ2v) is 5.39. The predicted molar refractivity (Wildman–Crippen MR) is 79.4 cm³/mol. The molecule has 1 unspecified atom stereocenters. The van der Waals surface area contributed by atoms with Gasteiger partial charge in [0.15, 0.2) is 5.78 Å². The van der Waals surface area contributed by atoms with E-state index in [1.165, 1.54) is 12.1 Å². The van der Waals surface area contributed by atoms with Crippen LogP contribution < -0.4 is 10.8 Å². The maximum atomic E-state index is 12.4. The maximum absolute atomic E-state index is 12.4. The van der Waals surface area contributed by atoms with Gasteiger partial charge in [-0.3, -0.25) is 19.4 Å². The van der Waals surface area contributed by atoms with Crippen LogP contribution in [0.25, 0.3) is 0 Å². The highest BCUT2D eigenvalue weighted by Gasteiger charge is 2.37. The van der Waals surface area contributed by atoms with Gasteiger partial charge in [-0.2, -0.15) is 0 Å². The molecule has 1 amide bonds. The molecular weight excluding hydrogens is 324 g/mol. The van der Waals surface area contributed by atoms with Crippen molar-refractivity contribution < 1.29 is 24.3 Å². The number of benzene rings is 1. The average molecular weight is 336 g/mol. The number of carboxylic acids is 1. The van der Waals surface area contributed by atoms with Crippen LogP contribution in [-0.2, 0) is 9.59 Å². The number of rotatable bonds is 5. The first-order valence-electron chi connectivity index (χ1n) is 6.71. The third kappa shape index (κ3) is 3.45. The van der Waals surface area contributed by atoms with E-state index in [0.29, 0.717) is 0 Å². The Morgan fingerprint density at radius 2 is 1.87 bits per heavy atom. The minimum Gasteiger partial charge on any atom is -0.548 e. The van der Waals surface area contributed by atoms with Gasteiger partial charge in [-0.1, -0.05) is 24.3 Å².